The van der Waals surface area contributed by atoms with E-state index in [0.29, 0.717) is 0 Å². The standard InChI is InChI=1S/C17H23N3O2S/c1-3-19-8-10-20(11-9-19)12-15-16(18-17(21)23-15)13-6-4-5-7-14(13)22-2/h4-7H,3,8-12H2,1-2H3,(H,18,21). The maximum absolute atomic E-state index is 11.9. The van der Waals surface area contributed by atoms with Crippen LogP contribution >= 0.6 is 11.3 Å². The van der Waals surface area contributed by atoms with Crippen LogP contribution in [0.2, 0.25) is 0 Å². The fraction of sp³-hybridized carbons (Fsp3) is 0.471. The Kier molecular flexibility index (Phi) is 5.15. The summed E-state index contributed by atoms with van der Waals surface area (Å²) in [6.45, 7) is 8.41. The molecule has 0 amide bonds. The molecule has 1 aromatic heterocycles. The van der Waals surface area contributed by atoms with E-state index in [-0.39, 0.29) is 4.87 Å². The molecule has 124 valence electrons. The van der Waals surface area contributed by atoms with Crippen LogP contribution in [0.1, 0.15) is 11.8 Å². The van der Waals surface area contributed by atoms with Crippen LogP contribution in [0.25, 0.3) is 11.3 Å². The summed E-state index contributed by atoms with van der Waals surface area (Å²) in [6.07, 6.45) is 0. The van der Waals surface area contributed by atoms with Gasteiger partial charge in [-0.05, 0) is 18.7 Å². The second-order valence-corrected chi connectivity index (χ2v) is 6.79. The van der Waals surface area contributed by atoms with Crippen molar-refractivity contribution in [1.82, 2.24) is 14.8 Å². The Labute approximate surface area is 140 Å². The van der Waals surface area contributed by atoms with Gasteiger partial charge in [0.1, 0.15) is 5.75 Å². The molecule has 0 spiro atoms. The van der Waals surface area contributed by atoms with E-state index in [1.165, 1.54) is 11.3 Å². The van der Waals surface area contributed by atoms with Crippen molar-refractivity contribution in [2.75, 3.05) is 39.8 Å². The van der Waals surface area contributed by atoms with Crippen LogP contribution in [-0.4, -0.2) is 54.6 Å². The Hall–Kier alpha value is -1.63. The third kappa shape index (κ3) is 3.65. The largest absolute Gasteiger partial charge is 0.496 e. The van der Waals surface area contributed by atoms with Crippen molar-refractivity contribution in [2.24, 2.45) is 0 Å². The average molecular weight is 333 g/mol. The number of methoxy groups -OCH3 is 1. The molecule has 0 aliphatic carbocycles. The van der Waals surface area contributed by atoms with Gasteiger partial charge in [-0.15, -0.1) is 0 Å². The maximum Gasteiger partial charge on any atom is 0.305 e. The Morgan fingerprint density at radius 3 is 2.57 bits per heavy atom. The summed E-state index contributed by atoms with van der Waals surface area (Å²) in [5, 5.41) is 0. The molecule has 6 heteroatoms. The molecule has 23 heavy (non-hydrogen) atoms. The number of likely N-dealkylation sites (N-methyl/N-ethyl adjacent to an activating group) is 1. The first-order valence-electron chi connectivity index (χ1n) is 8.01. The summed E-state index contributed by atoms with van der Waals surface area (Å²) in [6, 6.07) is 7.83. The molecule has 0 unspecified atom stereocenters. The normalized spacial score (nSPS) is 16.6. The van der Waals surface area contributed by atoms with Crippen LogP contribution < -0.4 is 9.61 Å². The first-order chi connectivity index (χ1) is 11.2. The van der Waals surface area contributed by atoms with Gasteiger partial charge in [-0.25, -0.2) is 0 Å². The molecule has 5 nitrogen and oxygen atoms in total. The van der Waals surface area contributed by atoms with Gasteiger partial charge >= 0.3 is 4.87 Å². The Morgan fingerprint density at radius 2 is 1.87 bits per heavy atom. The van der Waals surface area contributed by atoms with Crippen molar-refractivity contribution in [2.45, 2.75) is 13.5 Å². The fourth-order valence-electron chi connectivity index (χ4n) is 3.01. The zero-order valence-corrected chi connectivity index (χ0v) is 14.5. The molecule has 1 saturated heterocycles. The minimum absolute atomic E-state index is 0.00639. The van der Waals surface area contributed by atoms with Crippen molar-refractivity contribution in [3.8, 4) is 17.0 Å². The number of rotatable bonds is 5. The smallest absolute Gasteiger partial charge is 0.305 e. The lowest BCUT2D eigenvalue weighted by Crippen LogP contribution is -2.45. The lowest BCUT2D eigenvalue weighted by atomic mass is 10.1. The molecular formula is C17H23N3O2S. The van der Waals surface area contributed by atoms with Gasteiger partial charge in [-0.2, -0.15) is 0 Å². The molecule has 0 bridgehead atoms. The average Bonchev–Trinajstić information content (AvgIpc) is 2.95. The topological polar surface area (TPSA) is 48.6 Å². The maximum atomic E-state index is 11.9. The third-order valence-electron chi connectivity index (χ3n) is 4.38. The van der Waals surface area contributed by atoms with Crippen molar-refractivity contribution in [3.63, 3.8) is 0 Å². The predicted octanol–water partition coefficient (Wildman–Crippen LogP) is 2.25. The molecule has 3 rings (SSSR count). The van der Waals surface area contributed by atoms with Gasteiger partial charge in [-0.1, -0.05) is 30.4 Å². The van der Waals surface area contributed by atoms with E-state index < -0.39 is 0 Å². The van der Waals surface area contributed by atoms with E-state index in [1.807, 2.05) is 24.3 Å². The Balaban J connectivity index is 1.83. The summed E-state index contributed by atoms with van der Waals surface area (Å²) in [4.78, 5) is 20.9. The number of hydrogen-bond acceptors (Lipinski definition) is 5. The summed E-state index contributed by atoms with van der Waals surface area (Å²) in [5.74, 6) is 0.790. The van der Waals surface area contributed by atoms with Gasteiger partial charge in [0, 0.05) is 43.2 Å². The van der Waals surface area contributed by atoms with Crippen LogP contribution in [0.15, 0.2) is 29.1 Å². The summed E-state index contributed by atoms with van der Waals surface area (Å²) >= 11 is 1.31. The minimum Gasteiger partial charge on any atom is -0.496 e. The van der Waals surface area contributed by atoms with Gasteiger partial charge in [0.2, 0.25) is 0 Å². The van der Waals surface area contributed by atoms with Gasteiger partial charge < -0.3 is 14.6 Å². The molecule has 2 heterocycles. The number of hydrogen-bond donors (Lipinski definition) is 1. The van der Waals surface area contributed by atoms with E-state index in [4.69, 9.17) is 4.74 Å². The molecular weight excluding hydrogens is 310 g/mol. The molecule has 1 aromatic carbocycles. The molecule has 1 N–H and O–H groups in total. The van der Waals surface area contributed by atoms with Crippen LogP contribution in [0.3, 0.4) is 0 Å². The van der Waals surface area contributed by atoms with Crippen molar-refractivity contribution in [3.05, 3.63) is 38.8 Å². The second-order valence-electron chi connectivity index (χ2n) is 5.72. The summed E-state index contributed by atoms with van der Waals surface area (Å²) in [5.41, 5.74) is 1.85. The molecule has 1 fully saturated rings. The minimum atomic E-state index is -0.00639. The molecule has 1 aliphatic heterocycles. The number of H-pyrrole nitrogens is 1. The molecule has 1 aliphatic rings. The molecule has 0 atom stereocenters. The van der Waals surface area contributed by atoms with E-state index in [1.54, 1.807) is 7.11 Å². The lowest BCUT2D eigenvalue weighted by molar-refractivity contribution is 0.133. The summed E-state index contributed by atoms with van der Waals surface area (Å²) in [7, 11) is 1.66. The Bertz CT molecular complexity index is 702. The SMILES string of the molecule is CCN1CCN(Cc2sc(=O)[nH]c2-c2ccccc2OC)CC1. The van der Waals surface area contributed by atoms with E-state index in [9.17, 15) is 4.79 Å². The van der Waals surface area contributed by atoms with Crippen LogP contribution in [0.5, 0.6) is 5.75 Å². The number of ether oxygens (including phenoxy) is 1. The van der Waals surface area contributed by atoms with Crippen LogP contribution in [-0.2, 0) is 6.54 Å². The number of aromatic amines is 1. The number of nitrogens with zero attached hydrogens (tertiary/aromatic N) is 2. The lowest BCUT2D eigenvalue weighted by Gasteiger charge is -2.33. The third-order valence-corrected chi connectivity index (χ3v) is 5.24. The number of piperazine rings is 1. The molecule has 0 radical (unpaired) electrons. The highest BCUT2D eigenvalue weighted by atomic mass is 32.1. The second kappa shape index (κ2) is 7.29. The van der Waals surface area contributed by atoms with E-state index >= 15 is 0 Å². The van der Waals surface area contributed by atoms with E-state index in [0.717, 1.165) is 61.2 Å². The van der Waals surface area contributed by atoms with Crippen molar-refractivity contribution < 1.29 is 4.74 Å². The van der Waals surface area contributed by atoms with E-state index in [2.05, 4.69) is 21.7 Å². The monoisotopic (exact) mass is 333 g/mol. The first-order valence-corrected chi connectivity index (χ1v) is 8.83. The summed E-state index contributed by atoms with van der Waals surface area (Å²) < 4.78 is 5.44. The number of benzene rings is 1. The van der Waals surface area contributed by atoms with Gasteiger partial charge in [-0.3, -0.25) is 9.69 Å². The predicted molar refractivity (Wildman–Crippen MR) is 94.3 cm³/mol. The van der Waals surface area contributed by atoms with Crippen molar-refractivity contribution in [1.29, 1.82) is 0 Å². The zero-order valence-electron chi connectivity index (χ0n) is 13.7. The highest BCUT2D eigenvalue weighted by molar-refractivity contribution is 7.09. The molecule has 0 saturated carbocycles. The van der Waals surface area contributed by atoms with Gasteiger partial charge in [0.15, 0.2) is 0 Å². The number of aromatic nitrogens is 1. The van der Waals surface area contributed by atoms with Gasteiger partial charge in [0.25, 0.3) is 0 Å². The first kappa shape index (κ1) is 16.2. The van der Waals surface area contributed by atoms with Crippen LogP contribution in [0.4, 0.5) is 0 Å². The number of para-hydroxylation sites is 1. The zero-order chi connectivity index (χ0) is 16.2. The van der Waals surface area contributed by atoms with Gasteiger partial charge in [0.05, 0.1) is 12.8 Å². The highest BCUT2D eigenvalue weighted by Gasteiger charge is 2.20. The highest BCUT2D eigenvalue weighted by Crippen LogP contribution is 2.32. The quantitative estimate of drug-likeness (QED) is 0.912. The molecule has 2 aromatic rings. The number of nitrogens with one attached hydrogen (secondary N) is 1. The Morgan fingerprint density at radius 1 is 1.17 bits per heavy atom. The number of thiazole rings is 1. The van der Waals surface area contributed by atoms with Crippen molar-refractivity contribution >= 4 is 11.3 Å². The fourth-order valence-corrected chi connectivity index (χ4v) is 3.89. The van der Waals surface area contributed by atoms with Crippen LogP contribution in [0, 0.1) is 0 Å².